The lowest BCUT2D eigenvalue weighted by atomic mass is 9.73. The smallest absolute Gasteiger partial charge is 0.122 e. The third kappa shape index (κ3) is 3.41. The molecular formula is C18H30N2O. The summed E-state index contributed by atoms with van der Waals surface area (Å²) < 4.78 is 5.53. The summed E-state index contributed by atoms with van der Waals surface area (Å²) in [5.41, 5.74) is 1.56. The van der Waals surface area contributed by atoms with Gasteiger partial charge in [0.2, 0.25) is 0 Å². The summed E-state index contributed by atoms with van der Waals surface area (Å²) in [6.07, 6.45) is 7.62. The van der Waals surface area contributed by atoms with Gasteiger partial charge in [-0.2, -0.15) is 0 Å². The van der Waals surface area contributed by atoms with Crippen molar-refractivity contribution in [2.24, 2.45) is 0 Å². The van der Waals surface area contributed by atoms with E-state index < -0.39 is 0 Å². The number of nitrogens with zero attached hydrogens (tertiary/aromatic N) is 1. The van der Waals surface area contributed by atoms with Crippen molar-refractivity contribution in [1.82, 2.24) is 10.2 Å². The van der Waals surface area contributed by atoms with Crippen LogP contribution >= 0.6 is 0 Å². The lowest BCUT2D eigenvalue weighted by molar-refractivity contribution is 0.0596. The Morgan fingerprint density at radius 3 is 2.43 bits per heavy atom. The highest BCUT2D eigenvalue weighted by Gasteiger charge is 2.41. The molecular weight excluding hydrogens is 260 g/mol. The van der Waals surface area contributed by atoms with Crippen molar-refractivity contribution < 1.29 is 4.74 Å². The molecule has 0 amide bonds. The number of hydrogen-bond donors (Lipinski definition) is 1. The molecule has 0 aromatic heterocycles. The first-order valence-electron chi connectivity index (χ1n) is 8.10. The van der Waals surface area contributed by atoms with Gasteiger partial charge in [-0.05, 0) is 52.0 Å². The first kappa shape index (κ1) is 16.3. The highest BCUT2D eigenvalue weighted by molar-refractivity contribution is 5.34. The van der Waals surface area contributed by atoms with Crippen LogP contribution in [0.1, 0.15) is 37.7 Å². The van der Waals surface area contributed by atoms with Gasteiger partial charge in [-0.25, -0.2) is 0 Å². The number of ether oxygens (including phenoxy) is 1. The van der Waals surface area contributed by atoms with Gasteiger partial charge in [-0.1, -0.05) is 37.5 Å². The molecule has 1 N–H and O–H groups in total. The predicted octanol–water partition coefficient (Wildman–Crippen LogP) is 3.09. The summed E-state index contributed by atoms with van der Waals surface area (Å²) in [7, 11) is 8.32. The molecule has 1 fully saturated rings. The van der Waals surface area contributed by atoms with E-state index in [-0.39, 0.29) is 5.54 Å². The van der Waals surface area contributed by atoms with Gasteiger partial charge < -0.3 is 15.0 Å². The van der Waals surface area contributed by atoms with E-state index in [4.69, 9.17) is 4.74 Å². The first-order chi connectivity index (χ1) is 10.1. The normalized spacial score (nSPS) is 19.5. The summed E-state index contributed by atoms with van der Waals surface area (Å²) in [5.74, 6) is 1.00. The summed E-state index contributed by atoms with van der Waals surface area (Å²) >= 11 is 0. The third-order valence-electron chi connectivity index (χ3n) is 5.22. The van der Waals surface area contributed by atoms with Crippen LogP contribution in [0.4, 0.5) is 0 Å². The number of benzene rings is 1. The van der Waals surface area contributed by atoms with Crippen molar-refractivity contribution in [2.45, 2.75) is 50.1 Å². The molecule has 0 heterocycles. The molecule has 118 valence electrons. The van der Waals surface area contributed by atoms with Crippen molar-refractivity contribution in [3.05, 3.63) is 29.8 Å². The van der Waals surface area contributed by atoms with Gasteiger partial charge in [-0.15, -0.1) is 0 Å². The number of hydrogen-bond acceptors (Lipinski definition) is 3. The van der Waals surface area contributed by atoms with E-state index in [1.807, 2.05) is 6.07 Å². The van der Waals surface area contributed by atoms with E-state index in [0.717, 1.165) is 12.2 Å². The monoisotopic (exact) mass is 290 g/mol. The van der Waals surface area contributed by atoms with E-state index >= 15 is 0 Å². The fourth-order valence-corrected chi connectivity index (χ4v) is 3.92. The Balaban J connectivity index is 2.25. The molecule has 1 aromatic carbocycles. The quantitative estimate of drug-likeness (QED) is 0.871. The Kier molecular flexibility index (Phi) is 5.65. The lowest BCUT2D eigenvalue weighted by Gasteiger charge is -2.48. The average Bonchev–Trinajstić information content (AvgIpc) is 2.53. The molecule has 1 aliphatic rings. The Hall–Kier alpha value is -1.06. The second-order valence-electron chi connectivity index (χ2n) is 6.42. The second kappa shape index (κ2) is 7.28. The minimum absolute atomic E-state index is 0.258. The van der Waals surface area contributed by atoms with Gasteiger partial charge in [-0.3, -0.25) is 0 Å². The van der Waals surface area contributed by atoms with Gasteiger partial charge >= 0.3 is 0 Å². The molecule has 3 nitrogen and oxygen atoms in total. The number of nitrogens with one attached hydrogen (secondary N) is 1. The molecule has 1 atom stereocenters. The summed E-state index contributed by atoms with van der Waals surface area (Å²) in [5, 5.41) is 3.60. The largest absolute Gasteiger partial charge is 0.496 e. The molecule has 0 radical (unpaired) electrons. The van der Waals surface area contributed by atoms with Crippen molar-refractivity contribution >= 4 is 0 Å². The van der Waals surface area contributed by atoms with Crippen molar-refractivity contribution in [1.29, 1.82) is 0 Å². The highest BCUT2D eigenvalue weighted by Crippen LogP contribution is 2.37. The standard InChI is InChI=1S/C18H30N2O/c1-19-17(14-15-10-6-7-11-16(15)21-4)18(20(2)3)12-8-5-9-13-18/h6-7,10-11,17,19H,5,8-9,12-14H2,1-4H3. The molecule has 1 aromatic rings. The van der Waals surface area contributed by atoms with Gasteiger partial charge in [0.25, 0.3) is 0 Å². The molecule has 1 unspecified atom stereocenters. The maximum absolute atomic E-state index is 5.53. The maximum atomic E-state index is 5.53. The Morgan fingerprint density at radius 1 is 1.19 bits per heavy atom. The third-order valence-corrected chi connectivity index (χ3v) is 5.22. The van der Waals surface area contributed by atoms with E-state index in [9.17, 15) is 0 Å². The molecule has 3 heteroatoms. The number of likely N-dealkylation sites (N-methyl/N-ethyl adjacent to an activating group) is 2. The molecule has 1 saturated carbocycles. The minimum atomic E-state index is 0.258. The first-order valence-corrected chi connectivity index (χ1v) is 8.10. The Morgan fingerprint density at radius 2 is 1.86 bits per heavy atom. The lowest BCUT2D eigenvalue weighted by Crippen LogP contribution is -2.60. The van der Waals surface area contributed by atoms with Gasteiger partial charge in [0.05, 0.1) is 7.11 Å². The summed E-state index contributed by atoms with van der Waals surface area (Å²) in [4.78, 5) is 2.45. The van der Waals surface area contributed by atoms with Crippen LogP contribution in [0.25, 0.3) is 0 Å². The molecule has 0 spiro atoms. The molecule has 1 aliphatic carbocycles. The molecule has 2 rings (SSSR count). The fraction of sp³-hybridized carbons (Fsp3) is 0.667. The second-order valence-corrected chi connectivity index (χ2v) is 6.42. The Labute approximate surface area is 129 Å². The van der Waals surface area contributed by atoms with Crippen LogP contribution in [-0.2, 0) is 6.42 Å². The van der Waals surface area contributed by atoms with Crippen LogP contribution < -0.4 is 10.1 Å². The SMILES string of the molecule is CNC(Cc1ccccc1OC)C1(N(C)C)CCCCC1. The van der Waals surface area contributed by atoms with Crippen LogP contribution in [0.3, 0.4) is 0 Å². The summed E-state index contributed by atoms with van der Waals surface area (Å²) in [6, 6.07) is 8.84. The summed E-state index contributed by atoms with van der Waals surface area (Å²) in [6.45, 7) is 0. The van der Waals surface area contributed by atoms with E-state index in [0.29, 0.717) is 6.04 Å². The zero-order valence-electron chi connectivity index (χ0n) is 14.0. The van der Waals surface area contributed by atoms with Crippen LogP contribution in [0, 0.1) is 0 Å². The zero-order chi connectivity index (χ0) is 15.3. The molecule has 0 aliphatic heterocycles. The topological polar surface area (TPSA) is 24.5 Å². The molecule has 0 saturated heterocycles. The van der Waals surface area contributed by atoms with Crippen LogP contribution in [0.5, 0.6) is 5.75 Å². The van der Waals surface area contributed by atoms with E-state index in [1.165, 1.54) is 37.7 Å². The van der Waals surface area contributed by atoms with Crippen LogP contribution in [0.2, 0.25) is 0 Å². The fourth-order valence-electron chi connectivity index (χ4n) is 3.92. The van der Waals surface area contributed by atoms with Crippen molar-refractivity contribution in [2.75, 3.05) is 28.3 Å². The van der Waals surface area contributed by atoms with Gasteiger partial charge in [0.1, 0.15) is 5.75 Å². The number of para-hydroxylation sites is 1. The minimum Gasteiger partial charge on any atom is -0.496 e. The molecule has 0 bridgehead atoms. The maximum Gasteiger partial charge on any atom is 0.122 e. The van der Waals surface area contributed by atoms with Crippen LogP contribution in [0.15, 0.2) is 24.3 Å². The number of rotatable bonds is 6. The van der Waals surface area contributed by atoms with Gasteiger partial charge in [0.15, 0.2) is 0 Å². The highest BCUT2D eigenvalue weighted by atomic mass is 16.5. The predicted molar refractivity (Wildman–Crippen MR) is 89.0 cm³/mol. The molecule has 21 heavy (non-hydrogen) atoms. The van der Waals surface area contributed by atoms with Gasteiger partial charge in [0, 0.05) is 11.6 Å². The van der Waals surface area contributed by atoms with Crippen molar-refractivity contribution in [3.8, 4) is 5.75 Å². The number of methoxy groups -OCH3 is 1. The average molecular weight is 290 g/mol. The van der Waals surface area contributed by atoms with Crippen LogP contribution in [-0.4, -0.2) is 44.7 Å². The van der Waals surface area contributed by atoms with Crippen molar-refractivity contribution in [3.63, 3.8) is 0 Å². The van der Waals surface area contributed by atoms with E-state index in [2.05, 4.69) is 49.6 Å². The zero-order valence-corrected chi connectivity index (χ0v) is 14.0. The Bertz CT molecular complexity index is 439. The van der Waals surface area contributed by atoms with E-state index in [1.54, 1.807) is 7.11 Å².